The molecule has 3 nitrogen and oxygen atoms in total. The van der Waals surface area contributed by atoms with Crippen molar-refractivity contribution in [2.45, 2.75) is 6.54 Å². The van der Waals surface area contributed by atoms with Crippen LogP contribution >= 0.6 is 23.2 Å². The Morgan fingerprint density at radius 3 is 2.50 bits per heavy atom. The Morgan fingerprint density at radius 1 is 1.11 bits per heavy atom. The molecule has 2 rings (SSSR count). The largest absolute Gasteiger partial charge is 0.383 e. The van der Waals surface area contributed by atoms with Crippen molar-refractivity contribution in [3.05, 3.63) is 63.9 Å². The fourth-order valence-electron chi connectivity index (χ4n) is 1.43. The van der Waals surface area contributed by atoms with E-state index in [9.17, 15) is 0 Å². The number of aliphatic imine (C=N–C) groups is 1. The third-order valence-corrected chi connectivity index (χ3v) is 3.13. The number of pyridine rings is 1. The molecule has 1 heterocycles. The highest BCUT2D eigenvalue weighted by molar-refractivity contribution is 6.42. The number of rotatable bonds is 3. The van der Waals surface area contributed by atoms with Crippen LogP contribution < -0.4 is 5.73 Å². The predicted molar refractivity (Wildman–Crippen MR) is 75.1 cm³/mol. The van der Waals surface area contributed by atoms with Crippen LogP contribution in [0.5, 0.6) is 0 Å². The molecule has 0 aliphatic carbocycles. The Bertz CT molecular complexity index is 568. The molecular weight excluding hydrogens is 269 g/mol. The monoisotopic (exact) mass is 279 g/mol. The van der Waals surface area contributed by atoms with E-state index < -0.39 is 0 Å². The first-order valence-corrected chi connectivity index (χ1v) is 6.06. The highest BCUT2D eigenvalue weighted by Gasteiger charge is 2.00. The number of aromatic nitrogens is 1. The van der Waals surface area contributed by atoms with Gasteiger partial charge in [0.15, 0.2) is 0 Å². The summed E-state index contributed by atoms with van der Waals surface area (Å²) < 4.78 is 0. The van der Waals surface area contributed by atoms with Crippen molar-refractivity contribution in [1.29, 1.82) is 0 Å². The normalized spacial score (nSPS) is 11.6. The Hall–Kier alpha value is -1.58. The minimum atomic E-state index is 0.463. The summed E-state index contributed by atoms with van der Waals surface area (Å²) in [7, 11) is 0. The van der Waals surface area contributed by atoms with Crippen LogP contribution in [0.1, 0.15) is 11.1 Å². The molecule has 0 amide bonds. The fourth-order valence-corrected chi connectivity index (χ4v) is 1.75. The number of amidine groups is 1. The van der Waals surface area contributed by atoms with Crippen LogP contribution in [-0.4, -0.2) is 10.8 Å². The molecule has 1 aromatic heterocycles. The van der Waals surface area contributed by atoms with Crippen molar-refractivity contribution in [2.24, 2.45) is 10.7 Å². The van der Waals surface area contributed by atoms with E-state index in [2.05, 4.69) is 9.98 Å². The van der Waals surface area contributed by atoms with Gasteiger partial charge in [-0.3, -0.25) is 9.98 Å². The zero-order valence-electron chi connectivity index (χ0n) is 9.48. The van der Waals surface area contributed by atoms with Gasteiger partial charge in [0, 0.05) is 18.0 Å². The third kappa shape index (κ3) is 3.22. The average molecular weight is 280 g/mol. The second kappa shape index (κ2) is 5.85. The number of hydrogen-bond donors (Lipinski definition) is 1. The molecule has 0 saturated heterocycles. The molecule has 0 fully saturated rings. The Labute approximate surface area is 115 Å². The molecule has 0 spiro atoms. The number of halogens is 2. The van der Waals surface area contributed by atoms with E-state index in [1.165, 1.54) is 0 Å². The van der Waals surface area contributed by atoms with Crippen LogP contribution in [0.25, 0.3) is 0 Å². The first kappa shape index (κ1) is 12.9. The maximum absolute atomic E-state index is 5.93. The Kier molecular flexibility index (Phi) is 4.18. The smallest absolute Gasteiger partial charge is 0.126 e. The summed E-state index contributed by atoms with van der Waals surface area (Å²) in [5, 5.41) is 1.05. The predicted octanol–water partition coefficient (Wildman–Crippen LogP) is 3.29. The van der Waals surface area contributed by atoms with Crippen LogP contribution in [0, 0.1) is 0 Å². The van der Waals surface area contributed by atoms with Gasteiger partial charge in [-0.2, -0.15) is 0 Å². The molecule has 2 aromatic rings. The fraction of sp³-hybridized carbons (Fsp3) is 0.0769. The maximum Gasteiger partial charge on any atom is 0.126 e. The third-order valence-electron chi connectivity index (χ3n) is 2.39. The first-order valence-electron chi connectivity index (χ1n) is 5.31. The molecule has 1 aromatic carbocycles. The minimum absolute atomic E-state index is 0.463. The first-order chi connectivity index (χ1) is 8.66. The molecule has 0 aliphatic rings. The molecule has 0 unspecified atom stereocenters. The highest BCUT2D eigenvalue weighted by atomic mass is 35.5. The van der Waals surface area contributed by atoms with Gasteiger partial charge in [-0.25, -0.2) is 0 Å². The molecular formula is C13H11Cl2N3. The highest BCUT2D eigenvalue weighted by Crippen LogP contribution is 2.22. The van der Waals surface area contributed by atoms with Gasteiger partial charge >= 0.3 is 0 Å². The molecule has 0 saturated carbocycles. The van der Waals surface area contributed by atoms with Gasteiger partial charge in [0.2, 0.25) is 0 Å². The number of nitrogens with two attached hydrogens (primary N) is 1. The molecule has 0 atom stereocenters. The molecule has 0 aliphatic heterocycles. The summed E-state index contributed by atoms with van der Waals surface area (Å²) in [6.45, 7) is 0.463. The van der Waals surface area contributed by atoms with E-state index >= 15 is 0 Å². The number of benzene rings is 1. The van der Waals surface area contributed by atoms with Gasteiger partial charge < -0.3 is 5.73 Å². The molecule has 92 valence electrons. The topological polar surface area (TPSA) is 51.3 Å². The van der Waals surface area contributed by atoms with Gasteiger partial charge in [0.05, 0.1) is 16.6 Å². The molecule has 18 heavy (non-hydrogen) atoms. The van der Waals surface area contributed by atoms with Crippen LogP contribution in [-0.2, 0) is 6.54 Å². The van der Waals surface area contributed by atoms with Gasteiger partial charge in [0.1, 0.15) is 5.84 Å². The average Bonchev–Trinajstić information content (AvgIpc) is 2.41. The quantitative estimate of drug-likeness (QED) is 0.692. The lowest BCUT2D eigenvalue weighted by molar-refractivity contribution is 1.06. The van der Waals surface area contributed by atoms with Gasteiger partial charge in [0.25, 0.3) is 0 Å². The van der Waals surface area contributed by atoms with E-state index in [1.807, 2.05) is 18.2 Å². The second-order valence-corrected chi connectivity index (χ2v) is 4.50. The lowest BCUT2D eigenvalue weighted by atomic mass is 10.2. The van der Waals surface area contributed by atoms with Crippen LogP contribution in [0.2, 0.25) is 10.0 Å². The van der Waals surface area contributed by atoms with Crippen molar-refractivity contribution < 1.29 is 0 Å². The van der Waals surface area contributed by atoms with Crippen molar-refractivity contribution in [1.82, 2.24) is 4.98 Å². The number of nitrogens with zero attached hydrogens (tertiary/aromatic N) is 2. The Balaban J connectivity index is 2.13. The SMILES string of the molecule is N/C(=N\Cc1ccc(Cl)c(Cl)c1)c1ccncc1. The van der Waals surface area contributed by atoms with Crippen LogP contribution in [0.3, 0.4) is 0 Å². The summed E-state index contributed by atoms with van der Waals surface area (Å²) in [5.74, 6) is 0.475. The van der Waals surface area contributed by atoms with Gasteiger partial charge in [-0.15, -0.1) is 0 Å². The maximum atomic E-state index is 5.93. The zero-order chi connectivity index (χ0) is 13.0. The molecule has 0 bridgehead atoms. The van der Waals surface area contributed by atoms with Crippen molar-refractivity contribution in [3.8, 4) is 0 Å². The van der Waals surface area contributed by atoms with Gasteiger partial charge in [-0.1, -0.05) is 29.3 Å². The van der Waals surface area contributed by atoms with Crippen molar-refractivity contribution >= 4 is 29.0 Å². The summed E-state index contributed by atoms with van der Waals surface area (Å²) >= 11 is 11.8. The second-order valence-electron chi connectivity index (χ2n) is 3.69. The van der Waals surface area contributed by atoms with Crippen molar-refractivity contribution in [3.63, 3.8) is 0 Å². The summed E-state index contributed by atoms with van der Waals surface area (Å²) in [4.78, 5) is 8.23. The summed E-state index contributed by atoms with van der Waals surface area (Å²) in [6, 6.07) is 9.03. The van der Waals surface area contributed by atoms with E-state index in [0.29, 0.717) is 22.4 Å². The van der Waals surface area contributed by atoms with E-state index in [4.69, 9.17) is 28.9 Å². The lowest BCUT2D eigenvalue weighted by Gasteiger charge is -2.02. The van der Waals surface area contributed by atoms with Crippen LogP contribution in [0.15, 0.2) is 47.7 Å². The van der Waals surface area contributed by atoms with Crippen LogP contribution in [0.4, 0.5) is 0 Å². The molecule has 2 N–H and O–H groups in total. The lowest BCUT2D eigenvalue weighted by Crippen LogP contribution is -2.13. The zero-order valence-corrected chi connectivity index (χ0v) is 11.0. The van der Waals surface area contributed by atoms with Gasteiger partial charge in [-0.05, 0) is 29.8 Å². The van der Waals surface area contributed by atoms with E-state index in [0.717, 1.165) is 11.1 Å². The molecule has 5 heteroatoms. The summed E-state index contributed by atoms with van der Waals surface area (Å²) in [6.07, 6.45) is 3.35. The van der Waals surface area contributed by atoms with E-state index in [-0.39, 0.29) is 0 Å². The summed E-state index contributed by atoms with van der Waals surface area (Å²) in [5.41, 5.74) is 7.69. The minimum Gasteiger partial charge on any atom is -0.383 e. The van der Waals surface area contributed by atoms with Crippen molar-refractivity contribution in [2.75, 3.05) is 0 Å². The van der Waals surface area contributed by atoms with E-state index in [1.54, 1.807) is 24.5 Å². The Morgan fingerprint density at radius 2 is 1.83 bits per heavy atom. The number of hydrogen-bond acceptors (Lipinski definition) is 2. The standard InChI is InChI=1S/C13H11Cl2N3/c14-11-2-1-9(7-12(11)15)8-18-13(16)10-3-5-17-6-4-10/h1-7H,8H2,(H2,16,18). The molecule has 0 radical (unpaired) electrons.